The van der Waals surface area contributed by atoms with Gasteiger partial charge in [0.15, 0.2) is 0 Å². The Morgan fingerprint density at radius 1 is 1.04 bits per heavy atom. The van der Waals surface area contributed by atoms with Gasteiger partial charge in [-0.05, 0) is 42.9 Å². The van der Waals surface area contributed by atoms with Gasteiger partial charge in [0, 0.05) is 30.1 Å². The highest BCUT2D eigenvalue weighted by molar-refractivity contribution is 6.30. The van der Waals surface area contributed by atoms with Crippen LogP contribution in [-0.4, -0.2) is 21.8 Å². The predicted molar refractivity (Wildman–Crippen MR) is 108 cm³/mol. The normalized spacial score (nSPS) is 11.2. The van der Waals surface area contributed by atoms with Crippen molar-refractivity contribution in [3.63, 3.8) is 0 Å². The van der Waals surface area contributed by atoms with E-state index < -0.39 is 0 Å². The van der Waals surface area contributed by atoms with Crippen LogP contribution in [0.5, 0.6) is 0 Å². The maximum absolute atomic E-state index is 11.6. The number of amides is 2. The van der Waals surface area contributed by atoms with Crippen molar-refractivity contribution in [3.8, 4) is 0 Å². The van der Waals surface area contributed by atoms with E-state index in [1.165, 1.54) is 19.4 Å². The second-order valence-corrected chi connectivity index (χ2v) is 7.65. The lowest BCUT2D eigenvalue weighted by molar-refractivity contribution is -0.115. The fourth-order valence-corrected chi connectivity index (χ4v) is 2.99. The zero-order valence-electron chi connectivity index (χ0n) is 16.3. The molecule has 2 amide bonds. The van der Waals surface area contributed by atoms with Gasteiger partial charge in [0.25, 0.3) is 0 Å². The molecule has 6 nitrogen and oxygen atoms in total. The number of carbonyl (C=O) groups is 2. The summed E-state index contributed by atoms with van der Waals surface area (Å²) in [6.45, 7) is 8.99. The van der Waals surface area contributed by atoms with Crippen LogP contribution in [-0.2, 0) is 21.4 Å². The van der Waals surface area contributed by atoms with Gasteiger partial charge >= 0.3 is 0 Å². The van der Waals surface area contributed by atoms with Gasteiger partial charge in [-0.15, -0.1) is 0 Å². The van der Waals surface area contributed by atoms with Crippen molar-refractivity contribution in [2.75, 3.05) is 10.6 Å². The molecule has 0 bridgehead atoms. The number of halogens is 1. The molecule has 2 N–H and O–H groups in total. The molecule has 0 unspecified atom stereocenters. The summed E-state index contributed by atoms with van der Waals surface area (Å²) in [6.07, 6.45) is 1.50. The van der Waals surface area contributed by atoms with Gasteiger partial charge in [-0.25, -0.2) is 4.98 Å². The van der Waals surface area contributed by atoms with E-state index in [2.05, 4.69) is 34.4 Å². The monoisotopic (exact) mass is 388 g/mol. The number of carbonyl (C=O) groups excluding carboxylic acids is 2. The van der Waals surface area contributed by atoms with Crippen LogP contribution in [0.15, 0.2) is 24.3 Å². The summed E-state index contributed by atoms with van der Waals surface area (Å²) in [5.74, 6) is 0.134. The standard InChI is InChI=1S/C20H25ClN4O2/c1-12-17(10-11-20(4,5)15-6-8-16(21)9-7-15)18(23-13(2)26)25-19(22-12)24-14(3)27/h6-9H,10-11H2,1-5H3,(H2,22,23,24,25,26,27). The molecule has 0 radical (unpaired) electrons. The molecule has 27 heavy (non-hydrogen) atoms. The molecule has 2 aromatic rings. The molecule has 144 valence electrons. The predicted octanol–water partition coefficient (Wildman–Crippen LogP) is 4.27. The number of nitrogens with one attached hydrogen (secondary N) is 2. The van der Waals surface area contributed by atoms with E-state index in [1.807, 2.05) is 31.2 Å². The summed E-state index contributed by atoms with van der Waals surface area (Å²) in [7, 11) is 0. The fourth-order valence-electron chi connectivity index (χ4n) is 2.86. The molecule has 0 saturated carbocycles. The first kappa shape index (κ1) is 20.8. The summed E-state index contributed by atoms with van der Waals surface area (Å²) >= 11 is 5.99. The third kappa shape index (κ3) is 5.76. The average molecular weight is 389 g/mol. The largest absolute Gasteiger partial charge is 0.311 e. The van der Waals surface area contributed by atoms with Crippen LogP contribution in [0.1, 0.15) is 50.9 Å². The van der Waals surface area contributed by atoms with Crippen molar-refractivity contribution in [3.05, 3.63) is 46.1 Å². The molecule has 0 spiro atoms. The van der Waals surface area contributed by atoms with Crippen molar-refractivity contribution in [2.45, 2.75) is 52.9 Å². The molecule has 0 aliphatic rings. The Labute approximate surface area is 164 Å². The minimum Gasteiger partial charge on any atom is -0.311 e. The van der Waals surface area contributed by atoms with Gasteiger partial charge in [0.05, 0.1) is 0 Å². The molecule has 0 atom stereocenters. The van der Waals surface area contributed by atoms with Crippen LogP contribution >= 0.6 is 11.6 Å². The highest BCUT2D eigenvalue weighted by Gasteiger charge is 2.23. The summed E-state index contributed by atoms with van der Waals surface area (Å²) < 4.78 is 0. The molecule has 1 aromatic carbocycles. The summed E-state index contributed by atoms with van der Waals surface area (Å²) in [6, 6.07) is 7.83. The summed E-state index contributed by atoms with van der Waals surface area (Å²) in [5, 5.41) is 6.03. The van der Waals surface area contributed by atoms with Gasteiger partial charge in [-0.2, -0.15) is 4.98 Å². The highest BCUT2D eigenvalue weighted by Crippen LogP contribution is 2.31. The van der Waals surface area contributed by atoms with Gasteiger partial charge in [0.2, 0.25) is 17.8 Å². The zero-order chi connectivity index (χ0) is 20.2. The molecule has 0 aliphatic heterocycles. The van der Waals surface area contributed by atoms with Gasteiger partial charge in [-0.1, -0.05) is 37.6 Å². The van der Waals surface area contributed by atoms with E-state index in [9.17, 15) is 9.59 Å². The van der Waals surface area contributed by atoms with E-state index >= 15 is 0 Å². The van der Waals surface area contributed by atoms with Crippen molar-refractivity contribution >= 4 is 35.2 Å². The second kappa shape index (κ2) is 8.48. The minimum absolute atomic E-state index is 0.0964. The first-order valence-electron chi connectivity index (χ1n) is 8.77. The van der Waals surface area contributed by atoms with Crippen molar-refractivity contribution in [2.24, 2.45) is 0 Å². The SMILES string of the molecule is CC(=O)Nc1nc(C)c(CCC(C)(C)c2ccc(Cl)cc2)c(NC(C)=O)n1. The molecule has 0 saturated heterocycles. The minimum atomic E-state index is -0.264. The number of anilines is 2. The Hall–Kier alpha value is -2.47. The molecule has 1 heterocycles. The van der Waals surface area contributed by atoms with Crippen LogP contribution < -0.4 is 10.6 Å². The van der Waals surface area contributed by atoms with Crippen molar-refractivity contribution in [1.82, 2.24) is 9.97 Å². The average Bonchev–Trinajstić information content (AvgIpc) is 2.53. The van der Waals surface area contributed by atoms with E-state index in [0.717, 1.165) is 17.7 Å². The fraction of sp³-hybridized carbons (Fsp3) is 0.400. The van der Waals surface area contributed by atoms with Gasteiger partial charge in [-0.3, -0.25) is 14.9 Å². The molecule has 0 fully saturated rings. The number of aromatic nitrogens is 2. The molecule has 7 heteroatoms. The van der Waals surface area contributed by atoms with E-state index in [-0.39, 0.29) is 23.2 Å². The van der Waals surface area contributed by atoms with Crippen LogP contribution in [0.4, 0.5) is 11.8 Å². The maximum atomic E-state index is 11.6. The Kier molecular flexibility index (Phi) is 6.54. The number of rotatable bonds is 6. The Morgan fingerprint density at radius 2 is 1.63 bits per heavy atom. The first-order valence-corrected chi connectivity index (χ1v) is 9.15. The molecular weight excluding hydrogens is 364 g/mol. The smallest absolute Gasteiger partial charge is 0.231 e. The lowest BCUT2D eigenvalue weighted by Crippen LogP contribution is -2.20. The number of hydrogen-bond donors (Lipinski definition) is 2. The van der Waals surface area contributed by atoms with Crippen LogP contribution in [0.3, 0.4) is 0 Å². The molecule has 0 aliphatic carbocycles. The summed E-state index contributed by atoms with van der Waals surface area (Å²) in [4.78, 5) is 31.5. The maximum Gasteiger partial charge on any atom is 0.231 e. The quantitative estimate of drug-likeness (QED) is 0.774. The molecule has 2 rings (SSSR count). The highest BCUT2D eigenvalue weighted by atomic mass is 35.5. The van der Waals surface area contributed by atoms with E-state index in [4.69, 9.17) is 11.6 Å². The van der Waals surface area contributed by atoms with E-state index in [0.29, 0.717) is 17.3 Å². The Bertz CT molecular complexity index is 848. The topological polar surface area (TPSA) is 84.0 Å². The first-order chi connectivity index (χ1) is 12.6. The van der Waals surface area contributed by atoms with Crippen LogP contribution in [0.25, 0.3) is 0 Å². The number of nitrogens with zero attached hydrogens (tertiary/aromatic N) is 2. The number of hydrogen-bond acceptors (Lipinski definition) is 4. The van der Waals surface area contributed by atoms with E-state index in [1.54, 1.807) is 0 Å². The summed E-state index contributed by atoms with van der Waals surface area (Å²) in [5.41, 5.74) is 2.67. The zero-order valence-corrected chi connectivity index (χ0v) is 17.1. The van der Waals surface area contributed by atoms with Crippen molar-refractivity contribution in [1.29, 1.82) is 0 Å². The number of benzene rings is 1. The third-order valence-electron chi connectivity index (χ3n) is 4.42. The lowest BCUT2D eigenvalue weighted by Gasteiger charge is -2.26. The Balaban J connectivity index is 2.29. The molecule has 1 aromatic heterocycles. The van der Waals surface area contributed by atoms with Gasteiger partial charge in [0.1, 0.15) is 5.82 Å². The molecular formula is C20H25ClN4O2. The van der Waals surface area contributed by atoms with Crippen LogP contribution in [0.2, 0.25) is 5.02 Å². The second-order valence-electron chi connectivity index (χ2n) is 7.21. The third-order valence-corrected chi connectivity index (χ3v) is 4.67. The van der Waals surface area contributed by atoms with Gasteiger partial charge < -0.3 is 5.32 Å². The van der Waals surface area contributed by atoms with Crippen molar-refractivity contribution < 1.29 is 9.59 Å². The Morgan fingerprint density at radius 3 is 2.19 bits per heavy atom. The lowest BCUT2D eigenvalue weighted by atomic mass is 9.79. The number of aryl methyl sites for hydroxylation is 1. The van der Waals surface area contributed by atoms with Crippen LogP contribution in [0, 0.1) is 6.92 Å².